The van der Waals surface area contributed by atoms with Crippen LogP contribution in [0.5, 0.6) is 17.2 Å². The van der Waals surface area contributed by atoms with Crippen molar-refractivity contribution in [3.8, 4) is 17.2 Å². The lowest BCUT2D eigenvalue weighted by atomic mass is 9.50. The molecule has 7 rings (SSSR count). The van der Waals surface area contributed by atoms with Crippen LogP contribution in [0, 0.1) is 17.8 Å². The number of nitrogens with zero attached hydrogens (tertiary/aromatic N) is 2. The molecule has 1 saturated heterocycles. The predicted octanol–water partition coefficient (Wildman–Crippen LogP) is 6.51. The number of methoxy groups -OCH3 is 1. The fraction of sp³-hybridized carbons (Fsp3) is 0.649. The van der Waals surface area contributed by atoms with Crippen LogP contribution in [0.2, 0.25) is 0 Å². The number of hydrogen-bond donors (Lipinski definition) is 1. The lowest BCUT2D eigenvalue weighted by Gasteiger charge is -2.60. The Morgan fingerprint density at radius 2 is 1.95 bits per heavy atom. The van der Waals surface area contributed by atoms with Crippen molar-refractivity contribution in [3.05, 3.63) is 53.1 Å². The number of phenolic OH excluding ortho intramolecular Hbond substituents is 1. The van der Waals surface area contributed by atoms with Crippen LogP contribution in [-0.4, -0.2) is 65.7 Å². The predicted molar refractivity (Wildman–Crippen MR) is 169 cm³/mol. The topological polar surface area (TPSA) is 62.2 Å². The SMILES string of the molecule is COc1cc(O)c2c3c1O[C@H]1[C@H](N(CC(C)C)C(=O)CCCCCc4ccccc4)CC[C@H]4[C@@H](C2)N(CC2CC2)CC[C@@]341. The first kappa shape index (κ1) is 29.0. The van der Waals surface area contributed by atoms with Crippen LogP contribution >= 0.6 is 0 Å². The fourth-order valence-electron chi connectivity index (χ4n) is 9.37. The monoisotopic (exact) mass is 586 g/mol. The average molecular weight is 587 g/mol. The number of ether oxygens (including phenoxy) is 2. The van der Waals surface area contributed by atoms with E-state index in [0.29, 0.717) is 35.8 Å². The Kier molecular flexibility index (Phi) is 7.86. The van der Waals surface area contributed by atoms with Gasteiger partial charge in [0.25, 0.3) is 0 Å². The summed E-state index contributed by atoms with van der Waals surface area (Å²) in [6, 6.07) is 12.9. The lowest BCUT2D eigenvalue weighted by Crippen LogP contribution is -2.69. The third-order valence-electron chi connectivity index (χ3n) is 11.4. The second-order valence-electron chi connectivity index (χ2n) is 14.6. The van der Waals surface area contributed by atoms with Gasteiger partial charge in [-0.2, -0.15) is 0 Å². The van der Waals surface area contributed by atoms with Crippen molar-refractivity contribution < 1.29 is 19.4 Å². The van der Waals surface area contributed by atoms with Crippen LogP contribution < -0.4 is 9.47 Å². The Labute approximate surface area is 257 Å². The molecule has 2 aromatic carbocycles. The van der Waals surface area contributed by atoms with Crippen LogP contribution in [0.25, 0.3) is 0 Å². The fourth-order valence-corrected chi connectivity index (χ4v) is 9.37. The van der Waals surface area contributed by atoms with E-state index in [1.807, 2.05) is 0 Å². The largest absolute Gasteiger partial charge is 0.508 e. The van der Waals surface area contributed by atoms with Gasteiger partial charge < -0.3 is 19.5 Å². The molecule has 3 fully saturated rings. The van der Waals surface area contributed by atoms with Crippen molar-refractivity contribution in [2.75, 3.05) is 26.7 Å². The number of benzene rings is 2. The van der Waals surface area contributed by atoms with Crippen molar-refractivity contribution in [2.24, 2.45) is 17.8 Å². The van der Waals surface area contributed by atoms with Gasteiger partial charge in [0.2, 0.25) is 5.91 Å². The summed E-state index contributed by atoms with van der Waals surface area (Å²) in [6.45, 7) is 7.46. The summed E-state index contributed by atoms with van der Waals surface area (Å²) in [5.74, 6) is 3.81. The summed E-state index contributed by atoms with van der Waals surface area (Å²) >= 11 is 0. The average Bonchev–Trinajstić information content (AvgIpc) is 3.76. The Morgan fingerprint density at radius 1 is 1.14 bits per heavy atom. The first-order valence-corrected chi connectivity index (χ1v) is 17.1. The van der Waals surface area contributed by atoms with Gasteiger partial charge in [-0.1, -0.05) is 50.6 Å². The minimum atomic E-state index is -0.173. The van der Waals surface area contributed by atoms with Crippen LogP contribution in [0.15, 0.2) is 36.4 Å². The molecule has 2 bridgehead atoms. The quantitative estimate of drug-likeness (QED) is 0.288. The van der Waals surface area contributed by atoms with Gasteiger partial charge in [-0.3, -0.25) is 9.69 Å². The van der Waals surface area contributed by atoms with E-state index in [2.05, 4.69) is 54.0 Å². The lowest BCUT2D eigenvalue weighted by molar-refractivity contribution is -0.143. The van der Waals surface area contributed by atoms with E-state index in [-0.39, 0.29) is 23.5 Å². The van der Waals surface area contributed by atoms with Gasteiger partial charge in [0.1, 0.15) is 11.9 Å². The van der Waals surface area contributed by atoms with Gasteiger partial charge in [0.15, 0.2) is 11.5 Å². The van der Waals surface area contributed by atoms with Crippen molar-refractivity contribution in [3.63, 3.8) is 0 Å². The molecular formula is C37H50N2O4. The molecule has 3 aliphatic carbocycles. The summed E-state index contributed by atoms with van der Waals surface area (Å²) in [5, 5.41) is 11.3. The van der Waals surface area contributed by atoms with Gasteiger partial charge in [-0.15, -0.1) is 0 Å². The second-order valence-corrected chi connectivity index (χ2v) is 14.6. The second kappa shape index (κ2) is 11.6. The normalized spacial score (nSPS) is 28.8. The molecule has 2 aromatic rings. The Hall–Kier alpha value is -2.73. The Balaban J connectivity index is 1.15. The van der Waals surface area contributed by atoms with E-state index in [9.17, 15) is 9.90 Å². The highest BCUT2D eigenvalue weighted by Crippen LogP contribution is 2.66. The molecule has 0 unspecified atom stereocenters. The molecular weight excluding hydrogens is 536 g/mol. The number of aromatic hydroxyl groups is 1. The van der Waals surface area contributed by atoms with Crippen molar-refractivity contribution in [1.29, 1.82) is 0 Å². The number of aryl methyl sites for hydroxylation is 1. The molecule has 1 amide bonds. The molecule has 5 atom stereocenters. The minimum absolute atomic E-state index is 0.0382. The number of unbranched alkanes of at least 4 members (excludes halogenated alkanes) is 2. The summed E-state index contributed by atoms with van der Waals surface area (Å²) in [5.41, 5.74) is 3.48. The zero-order valence-electron chi connectivity index (χ0n) is 26.4. The van der Waals surface area contributed by atoms with Crippen LogP contribution in [-0.2, 0) is 23.1 Å². The Bertz CT molecular complexity index is 1320. The molecule has 5 aliphatic rings. The first-order chi connectivity index (χ1) is 20.9. The number of amides is 1. The molecule has 1 spiro atoms. The highest BCUT2D eigenvalue weighted by atomic mass is 16.5. The van der Waals surface area contributed by atoms with Gasteiger partial charge in [0, 0.05) is 48.2 Å². The van der Waals surface area contributed by atoms with E-state index < -0.39 is 0 Å². The Morgan fingerprint density at radius 3 is 2.70 bits per heavy atom. The van der Waals surface area contributed by atoms with Crippen molar-refractivity contribution in [2.45, 2.75) is 108 Å². The number of likely N-dealkylation sites (tertiary alicyclic amines) is 1. The molecule has 0 radical (unpaired) electrons. The number of phenols is 1. The molecule has 2 aliphatic heterocycles. The number of rotatable bonds is 12. The maximum atomic E-state index is 14.1. The van der Waals surface area contributed by atoms with Gasteiger partial charge in [-0.25, -0.2) is 0 Å². The van der Waals surface area contributed by atoms with E-state index in [0.717, 1.165) is 81.7 Å². The minimum Gasteiger partial charge on any atom is -0.508 e. The molecule has 0 aromatic heterocycles. The number of carbonyl (C=O) groups is 1. The zero-order valence-corrected chi connectivity index (χ0v) is 26.4. The highest BCUT2D eigenvalue weighted by molar-refractivity contribution is 5.77. The van der Waals surface area contributed by atoms with Gasteiger partial charge in [-0.05, 0) is 87.6 Å². The van der Waals surface area contributed by atoms with E-state index in [1.165, 1.54) is 30.5 Å². The maximum absolute atomic E-state index is 14.1. The van der Waals surface area contributed by atoms with E-state index >= 15 is 0 Å². The summed E-state index contributed by atoms with van der Waals surface area (Å²) in [6.07, 6.45) is 11.4. The van der Waals surface area contributed by atoms with Crippen LogP contribution in [0.4, 0.5) is 0 Å². The molecule has 2 saturated carbocycles. The molecule has 2 heterocycles. The maximum Gasteiger partial charge on any atom is 0.222 e. The summed E-state index contributed by atoms with van der Waals surface area (Å²) < 4.78 is 12.9. The molecule has 6 nitrogen and oxygen atoms in total. The number of piperidine rings is 1. The molecule has 43 heavy (non-hydrogen) atoms. The molecule has 232 valence electrons. The van der Waals surface area contributed by atoms with Crippen molar-refractivity contribution >= 4 is 5.91 Å². The standard InChI is InChI=1S/C37H50N2O4/c1-24(2)22-39(33(41)13-9-5-8-12-25-10-6-4-7-11-25)29-17-16-28-30-20-27-31(40)21-32(42-3)35-34(27)37(28,36(29)43-35)18-19-38(30)23-26-14-15-26/h4,6-7,10-11,21,24,26,28-30,36,40H,5,8-9,12-20,22-23H2,1-3H3/t28-,29+,30+,36-,37-/m0/s1. The smallest absolute Gasteiger partial charge is 0.222 e. The zero-order chi connectivity index (χ0) is 29.7. The van der Waals surface area contributed by atoms with Gasteiger partial charge in [0.05, 0.1) is 13.2 Å². The third kappa shape index (κ3) is 5.11. The number of hydrogen-bond acceptors (Lipinski definition) is 5. The summed E-state index contributed by atoms with van der Waals surface area (Å²) in [4.78, 5) is 19.0. The summed E-state index contributed by atoms with van der Waals surface area (Å²) in [7, 11) is 1.67. The molecule has 1 N–H and O–H groups in total. The van der Waals surface area contributed by atoms with Gasteiger partial charge >= 0.3 is 0 Å². The van der Waals surface area contributed by atoms with E-state index in [4.69, 9.17) is 9.47 Å². The highest BCUT2D eigenvalue weighted by Gasteiger charge is 2.67. The van der Waals surface area contributed by atoms with E-state index in [1.54, 1.807) is 13.2 Å². The third-order valence-corrected chi connectivity index (χ3v) is 11.4. The molecule has 6 heteroatoms. The van der Waals surface area contributed by atoms with Crippen LogP contribution in [0.1, 0.15) is 88.3 Å². The number of carbonyl (C=O) groups excluding carboxylic acids is 1. The van der Waals surface area contributed by atoms with Crippen LogP contribution in [0.3, 0.4) is 0 Å². The van der Waals surface area contributed by atoms with Crippen molar-refractivity contribution in [1.82, 2.24) is 9.80 Å². The first-order valence-electron chi connectivity index (χ1n) is 17.1.